The molecule has 24 heavy (non-hydrogen) atoms. The molecule has 1 rings (SSSR count). The second-order valence-electron chi connectivity index (χ2n) is 5.47. The largest absolute Gasteiger partial charge is 0.468 e. The first kappa shape index (κ1) is 20.1. The number of aliphatic hydroxyl groups is 1. The van der Waals surface area contributed by atoms with Crippen LogP contribution in [0.25, 0.3) is 0 Å². The molecule has 132 valence electrons. The highest BCUT2D eigenvalue weighted by atomic mass is 16.6. The van der Waals surface area contributed by atoms with E-state index in [9.17, 15) is 9.90 Å². The van der Waals surface area contributed by atoms with Gasteiger partial charge in [0.05, 0.1) is 18.8 Å². The number of carbonyl (C=O) groups excluding carboxylic acids is 1. The van der Waals surface area contributed by atoms with Gasteiger partial charge in [0.15, 0.2) is 0 Å². The third-order valence-corrected chi connectivity index (χ3v) is 3.48. The van der Waals surface area contributed by atoms with Crippen molar-refractivity contribution in [1.82, 2.24) is 0 Å². The van der Waals surface area contributed by atoms with Crippen molar-refractivity contribution < 1.29 is 19.4 Å². The van der Waals surface area contributed by atoms with Gasteiger partial charge in [0.1, 0.15) is 6.10 Å². The minimum absolute atomic E-state index is 0.197. The zero-order chi connectivity index (χ0) is 17.5. The van der Waals surface area contributed by atoms with Crippen molar-refractivity contribution in [3.8, 4) is 0 Å². The van der Waals surface area contributed by atoms with E-state index >= 15 is 0 Å². The van der Waals surface area contributed by atoms with E-state index in [-0.39, 0.29) is 18.3 Å². The van der Waals surface area contributed by atoms with E-state index in [0.29, 0.717) is 13.1 Å². The highest BCUT2D eigenvalue weighted by Gasteiger charge is 2.35. The summed E-state index contributed by atoms with van der Waals surface area (Å²) in [5, 5.41) is 9.33. The van der Waals surface area contributed by atoms with Gasteiger partial charge in [-0.15, -0.1) is 0 Å². The molecule has 0 aliphatic carbocycles. The minimum atomic E-state index is -0.348. The van der Waals surface area contributed by atoms with Crippen LogP contribution >= 0.6 is 0 Å². The van der Waals surface area contributed by atoms with Crippen molar-refractivity contribution in [3.05, 3.63) is 60.8 Å². The lowest BCUT2D eigenvalue weighted by Crippen LogP contribution is -1.97. The molecule has 0 bridgehead atoms. The average Bonchev–Trinajstić information content (AvgIpc) is 3.34. The molecule has 0 radical (unpaired) electrons. The summed E-state index contributed by atoms with van der Waals surface area (Å²) < 4.78 is 10.1. The molecule has 4 nitrogen and oxygen atoms in total. The van der Waals surface area contributed by atoms with Crippen LogP contribution in [0.1, 0.15) is 32.6 Å². The van der Waals surface area contributed by atoms with Crippen LogP contribution < -0.4 is 0 Å². The Bertz CT molecular complexity index is 474. The Kier molecular flexibility index (Phi) is 11.3. The van der Waals surface area contributed by atoms with Gasteiger partial charge in [0.25, 0.3) is 6.47 Å². The van der Waals surface area contributed by atoms with Crippen molar-refractivity contribution >= 4 is 6.47 Å². The molecule has 0 saturated carbocycles. The van der Waals surface area contributed by atoms with Gasteiger partial charge in [0, 0.05) is 0 Å². The summed E-state index contributed by atoms with van der Waals surface area (Å²) in [4.78, 5) is 9.99. The van der Waals surface area contributed by atoms with Crippen LogP contribution in [0.4, 0.5) is 0 Å². The summed E-state index contributed by atoms with van der Waals surface area (Å²) >= 11 is 0. The van der Waals surface area contributed by atoms with Crippen molar-refractivity contribution in [2.75, 3.05) is 6.61 Å². The molecule has 0 spiro atoms. The SMILES string of the molecule is CCC(O)/C=C/C=C\C\C=C/C=C/C=C/[C@@H]1O[C@H]1CCCOC=O. The number of carbonyl (C=O) groups is 1. The lowest BCUT2D eigenvalue weighted by molar-refractivity contribution is -0.128. The van der Waals surface area contributed by atoms with Crippen LogP contribution in [0.3, 0.4) is 0 Å². The topological polar surface area (TPSA) is 59.1 Å². The highest BCUT2D eigenvalue weighted by Crippen LogP contribution is 2.27. The fourth-order valence-electron chi connectivity index (χ4n) is 2.00. The smallest absolute Gasteiger partial charge is 0.293 e. The Hall–Kier alpha value is -1.91. The number of epoxide rings is 1. The van der Waals surface area contributed by atoms with Crippen LogP contribution in [-0.4, -0.2) is 36.5 Å². The van der Waals surface area contributed by atoms with Gasteiger partial charge in [0.2, 0.25) is 0 Å². The van der Waals surface area contributed by atoms with Crippen molar-refractivity contribution in [2.24, 2.45) is 0 Å². The number of aliphatic hydroxyl groups excluding tert-OH is 1. The van der Waals surface area contributed by atoms with Gasteiger partial charge in [-0.25, -0.2) is 0 Å². The number of allylic oxidation sites excluding steroid dienone is 8. The van der Waals surface area contributed by atoms with Crippen LogP contribution in [-0.2, 0) is 14.3 Å². The predicted octanol–water partition coefficient (Wildman–Crippen LogP) is 3.65. The second-order valence-corrected chi connectivity index (χ2v) is 5.47. The molecule has 1 saturated heterocycles. The molecule has 0 aromatic rings. The van der Waals surface area contributed by atoms with Crippen LogP contribution in [0, 0.1) is 0 Å². The van der Waals surface area contributed by atoms with Crippen LogP contribution in [0.15, 0.2) is 60.8 Å². The Morgan fingerprint density at radius 3 is 2.62 bits per heavy atom. The summed E-state index contributed by atoms with van der Waals surface area (Å²) in [5.74, 6) is 0. The zero-order valence-electron chi connectivity index (χ0n) is 14.3. The van der Waals surface area contributed by atoms with Crippen LogP contribution in [0.2, 0.25) is 0 Å². The molecule has 1 heterocycles. The first-order valence-electron chi connectivity index (χ1n) is 8.50. The molecule has 0 aromatic carbocycles. The Labute approximate surface area is 144 Å². The van der Waals surface area contributed by atoms with E-state index in [1.54, 1.807) is 6.08 Å². The molecule has 0 aromatic heterocycles. The summed E-state index contributed by atoms with van der Waals surface area (Å²) in [6.07, 6.45) is 23.2. The van der Waals surface area contributed by atoms with Gasteiger partial charge in [-0.3, -0.25) is 4.79 Å². The van der Waals surface area contributed by atoms with Crippen molar-refractivity contribution in [1.29, 1.82) is 0 Å². The molecule has 1 N–H and O–H groups in total. The lowest BCUT2D eigenvalue weighted by atomic mass is 10.2. The summed E-state index contributed by atoms with van der Waals surface area (Å²) in [6, 6.07) is 0. The predicted molar refractivity (Wildman–Crippen MR) is 96.5 cm³/mol. The van der Waals surface area contributed by atoms with Gasteiger partial charge >= 0.3 is 0 Å². The van der Waals surface area contributed by atoms with Gasteiger partial charge in [-0.2, -0.15) is 0 Å². The lowest BCUT2D eigenvalue weighted by Gasteiger charge is -1.95. The van der Waals surface area contributed by atoms with Gasteiger partial charge in [-0.05, 0) is 25.7 Å². The van der Waals surface area contributed by atoms with E-state index in [1.165, 1.54) is 0 Å². The van der Waals surface area contributed by atoms with E-state index in [0.717, 1.165) is 25.7 Å². The monoisotopic (exact) mass is 332 g/mol. The number of rotatable bonds is 13. The molecule has 1 unspecified atom stereocenters. The molecule has 1 aliphatic heterocycles. The standard InChI is InChI=1S/C20H28O4/c1-2-18(22)13-10-8-6-4-3-5-7-9-11-14-19-20(24-19)15-12-16-23-17-21/h3,5-11,13-14,17-20,22H,2,4,12,15-16H2,1H3/b5-3-,8-6-,9-7+,13-10+,14-11+/t18?,19-,20-/m0/s1. The van der Waals surface area contributed by atoms with E-state index < -0.39 is 0 Å². The van der Waals surface area contributed by atoms with Gasteiger partial charge < -0.3 is 14.6 Å². The third kappa shape index (κ3) is 10.8. The summed E-state index contributed by atoms with van der Waals surface area (Å²) in [5.41, 5.74) is 0. The van der Waals surface area contributed by atoms with Crippen LogP contribution in [0.5, 0.6) is 0 Å². The van der Waals surface area contributed by atoms with E-state index in [4.69, 9.17) is 4.74 Å². The fraction of sp³-hybridized carbons (Fsp3) is 0.450. The zero-order valence-corrected chi connectivity index (χ0v) is 14.3. The maximum absolute atomic E-state index is 9.99. The first-order valence-corrected chi connectivity index (χ1v) is 8.50. The summed E-state index contributed by atoms with van der Waals surface area (Å²) in [6.45, 7) is 2.89. The first-order chi connectivity index (χ1) is 11.8. The van der Waals surface area contributed by atoms with Crippen molar-refractivity contribution in [3.63, 3.8) is 0 Å². The molecule has 1 aliphatic rings. The average molecular weight is 332 g/mol. The second kappa shape index (κ2) is 13.5. The minimum Gasteiger partial charge on any atom is -0.468 e. The van der Waals surface area contributed by atoms with Gasteiger partial charge in [-0.1, -0.05) is 67.7 Å². The van der Waals surface area contributed by atoms with E-state index in [2.05, 4.69) is 10.8 Å². The Morgan fingerprint density at radius 2 is 1.88 bits per heavy atom. The van der Waals surface area contributed by atoms with E-state index in [1.807, 2.05) is 55.5 Å². The molecular formula is C20H28O4. The maximum atomic E-state index is 9.99. The fourth-order valence-corrected chi connectivity index (χ4v) is 2.00. The quantitative estimate of drug-likeness (QED) is 0.242. The molecule has 4 heteroatoms. The van der Waals surface area contributed by atoms with Crippen molar-refractivity contribution in [2.45, 2.75) is 50.9 Å². The Morgan fingerprint density at radius 1 is 1.12 bits per heavy atom. The normalized spacial score (nSPS) is 22.4. The summed E-state index contributed by atoms with van der Waals surface area (Å²) in [7, 11) is 0. The molecule has 0 amide bonds. The molecular weight excluding hydrogens is 304 g/mol. The number of hydrogen-bond donors (Lipinski definition) is 1. The number of hydrogen-bond acceptors (Lipinski definition) is 4. The number of ether oxygens (including phenoxy) is 2. The molecule has 3 atom stereocenters. The highest BCUT2D eigenvalue weighted by molar-refractivity contribution is 5.36. The maximum Gasteiger partial charge on any atom is 0.293 e. The Balaban J connectivity index is 2.04. The molecule has 1 fully saturated rings. The third-order valence-electron chi connectivity index (χ3n) is 3.48.